The number of anilines is 3. The monoisotopic (exact) mass is 541 g/mol. The van der Waals surface area contributed by atoms with E-state index in [4.69, 9.17) is 9.97 Å². The van der Waals surface area contributed by atoms with Crippen molar-refractivity contribution < 1.29 is 10.2 Å². The molecule has 0 bridgehead atoms. The first-order chi connectivity index (χ1) is 19.4. The average Bonchev–Trinajstić information content (AvgIpc) is 3.47. The third-order valence-corrected chi connectivity index (χ3v) is 8.35. The fourth-order valence-corrected chi connectivity index (χ4v) is 5.87. The topological polar surface area (TPSA) is 121 Å². The van der Waals surface area contributed by atoms with Gasteiger partial charge in [0.15, 0.2) is 11.5 Å². The molecule has 10 nitrogen and oxygen atoms in total. The van der Waals surface area contributed by atoms with Crippen LogP contribution in [0.4, 0.5) is 17.3 Å². The average molecular weight is 542 g/mol. The number of hydrogen-bond acceptors (Lipinski definition) is 8. The van der Waals surface area contributed by atoms with Gasteiger partial charge in [-0.25, -0.2) is 19.3 Å². The van der Waals surface area contributed by atoms with Gasteiger partial charge in [0.1, 0.15) is 11.0 Å². The Hall–Kier alpha value is -4.02. The molecule has 1 aliphatic heterocycles. The van der Waals surface area contributed by atoms with Crippen molar-refractivity contribution in [1.82, 2.24) is 24.3 Å². The van der Waals surface area contributed by atoms with Gasteiger partial charge in [0.05, 0.1) is 12.2 Å². The molecule has 0 amide bonds. The molecule has 1 fully saturated rings. The molecule has 0 saturated carbocycles. The van der Waals surface area contributed by atoms with Crippen molar-refractivity contribution in [2.24, 2.45) is 5.92 Å². The number of pyridine rings is 1. The third kappa shape index (κ3) is 4.56. The van der Waals surface area contributed by atoms with Crippen LogP contribution < -0.4 is 15.8 Å². The highest BCUT2D eigenvalue weighted by Crippen LogP contribution is 2.38. The minimum absolute atomic E-state index is 0.233. The van der Waals surface area contributed by atoms with Gasteiger partial charge in [0.25, 0.3) is 5.56 Å². The van der Waals surface area contributed by atoms with Crippen LogP contribution in [0.1, 0.15) is 43.9 Å². The van der Waals surface area contributed by atoms with Crippen molar-refractivity contribution in [1.29, 1.82) is 0 Å². The number of benzene rings is 1. The minimum Gasteiger partial charge on any atom is -0.396 e. The number of rotatable bonds is 8. The van der Waals surface area contributed by atoms with Gasteiger partial charge in [-0.1, -0.05) is 19.1 Å². The van der Waals surface area contributed by atoms with Crippen molar-refractivity contribution in [2.75, 3.05) is 29.9 Å². The normalized spacial score (nSPS) is 19.2. The number of aliphatic hydroxyl groups excluding tert-OH is 1. The molecule has 1 saturated heterocycles. The van der Waals surface area contributed by atoms with Crippen LogP contribution >= 0.6 is 0 Å². The lowest BCUT2D eigenvalue weighted by Gasteiger charge is -2.32. The van der Waals surface area contributed by atoms with Crippen LogP contribution in [0.15, 0.2) is 60.0 Å². The molecule has 40 heavy (non-hydrogen) atoms. The van der Waals surface area contributed by atoms with Crippen molar-refractivity contribution in [3.05, 3.63) is 76.9 Å². The molecule has 10 heteroatoms. The Balaban J connectivity index is 1.33. The van der Waals surface area contributed by atoms with Crippen LogP contribution in [0, 0.1) is 5.92 Å². The first-order valence-electron chi connectivity index (χ1n) is 14.0. The van der Waals surface area contributed by atoms with Crippen LogP contribution in [0.3, 0.4) is 0 Å². The molecule has 0 spiro atoms. The summed E-state index contributed by atoms with van der Waals surface area (Å²) in [5.41, 5.74) is 2.89. The van der Waals surface area contributed by atoms with Crippen LogP contribution in [0.2, 0.25) is 0 Å². The summed E-state index contributed by atoms with van der Waals surface area (Å²) in [5, 5.41) is 24.2. The number of aliphatic hydroxyl groups is 2. The summed E-state index contributed by atoms with van der Waals surface area (Å²) in [5.74, 6) is 1.27. The summed E-state index contributed by atoms with van der Waals surface area (Å²) in [6.45, 7) is 8.18. The highest BCUT2D eigenvalue weighted by molar-refractivity contribution is 5.77. The molecule has 0 radical (unpaired) electrons. The van der Waals surface area contributed by atoms with E-state index in [-0.39, 0.29) is 18.7 Å². The van der Waals surface area contributed by atoms with E-state index in [0.717, 1.165) is 49.3 Å². The molecule has 1 aromatic carbocycles. The van der Waals surface area contributed by atoms with Gasteiger partial charge in [0, 0.05) is 37.3 Å². The predicted octanol–water partition coefficient (Wildman–Crippen LogP) is 3.66. The minimum atomic E-state index is -0.972. The van der Waals surface area contributed by atoms with E-state index in [1.165, 1.54) is 0 Å². The molecular weight excluding hydrogens is 506 g/mol. The predicted molar refractivity (Wildman–Crippen MR) is 155 cm³/mol. The molecule has 1 atom stereocenters. The van der Waals surface area contributed by atoms with E-state index in [2.05, 4.69) is 33.9 Å². The molecule has 208 valence electrons. The largest absolute Gasteiger partial charge is 0.396 e. The highest BCUT2D eigenvalue weighted by Gasteiger charge is 2.37. The van der Waals surface area contributed by atoms with Gasteiger partial charge in [0.2, 0.25) is 5.95 Å². The number of nitrogens with zero attached hydrogens (tertiary/aromatic N) is 6. The number of aryl methyl sites for hydroxylation is 1. The Labute approximate surface area is 232 Å². The van der Waals surface area contributed by atoms with Crippen molar-refractivity contribution >= 4 is 28.4 Å². The number of allylic oxidation sites excluding steroid dienone is 1. The Kier molecular flexibility index (Phi) is 6.89. The van der Waals surface area contributed by atoms with Crippen LogP contribution in [-0.4, -0.2) is 54.2 Å². The molecule has 0 unspecified atom stereocenters. The smallest absolute Gasteiger partial charge is 0.278 e. The van der Waals surface area contributed by atoms with Gasteiger partial charge < -0.3 is 20.4 Å². The lowest BCUT2D eigenvalue weighted by molar-refractivity contribution is 0.0306. The Morgan fingerprint density at radius 3 is 2.62 bits per heavy atom. The number of nitrogens with one attached hydrogen (secondary N) is 1. The summed E-state index contributed by atoms with van der Waals surface area (Å²) >= 11 is 0. The number of aromatic nitrogens is 5. The standard InChI is InChI=1S/C30H35N7O3/c1-3-15-36-28(39)24-18-31-29(32-22-6-8-23(9-7-22)35-16-12-20(19-38)13-17-35)34-27(24)37(36)25-10-5-21-11-14-30(40,4-2)26(21)33-25/h3,5-10,18,20,38,40H,1,4,11-17,19H2,2H3,(H,31,32,34)/t30-/m1/s1. The maximum Gasteiger partial charge on any atom is 0.278 e. The van der Waals surface area contributed by atoms with Crippen LogP contribution in [0.25, 0.3) is 16.9 Å². The van der Waals surface area contributed by atoms with Crippen molar-refractivity contribution in [2.45, 2.75) is 51.2 Å². The summed E-state index contributed by atoms with van der Waals surface area (Å²) in [7, 11) is 0. The fraction of sp³-hybridized carbons (Fsp3) is 0.400. The second kappa shape index (κ2) is 10.5. The van der Waals surface area contributed by atoms with Gasteiger partial charge >= 0.3 is 0 Å². The zero-order chi connectivity index (χ0) is 27.9. The Morgan fingerprint density at radius 1 is 1.15 bits per heavy atom. The van der Waals surface area contributed by atoms with E-state index >= 15 is 0 Å². The van der Waals surface area contributed by atoms with E-state index < -0.39 is 5.60 Å². The lowest BCUT2D eigenvalue weighted by Crippen LogP contribution is -2.34. The Bertz CT molecular complexity index is 1600. The maximum atomic E-state index is 13.3. The SMILES string of the molecule is C=CCn1c(=O)c2cnc(Nc3ccc(N4CCC(CO)CC4)cc3)nc2n1-c1ccc2c(n1)[C@@](O)(CC)CC2. The maximum absolute atomic E-state index is 13.3. The highest BCUT2D eigenvalue weighted by atomic mass is 16.3. The summed E-state index contributed by atoms with van der Waals surface area (Å²) in [6, 6.07) is 12.0. The van der Waals surface area contributed by atoms with Gasteiger partial charge in [-0.05, 0) is 73.9 Å². The molecule has 4 heterocycles. The molecule has 1 aliphatic carbocycles. The zero-order valence-electron chi connectivity index (χ0n) is 22.8. The molecule has 4 aromatic rings. The summed E-state index contributed by atoms with van der Waals surface area (Å²) < 4.78 is 3.24. The second-order valence-electron chi connectivity index (χ2n) is 10.8. The zero-order valence-corrected chi connectivity index (χ0v) is 22.8. The first kappa shape index (κ1) is 26.2. The molecular formula is C30H35N7O3. The summed E-state index contributed by atoms with van der Waals surface area (Å²) in [4.78, 5) is 29.7. The number of fused-ring (bicyclic) bond motifs is 2. The molecule has 2 aliphatic rings. The lowest BCUT2D eigenvalue weighted by atomic mass is 9.97. The quantitative estimate of drug-likeness (QED) is 0.289. The van der Waals surface area contributed by atoms with Gasteiger partial charge in [-0.15, -0.1) is 6.58 Å². The number of piperidine rings is 1. The summed E-state index contributed by atoms with van der Waals surface area (Å²) in [6.07, 6.45) is 7.17. The van der Waals surface area contributed by atoms with Gasteiger partial charge in [-0.3, -0.25) is 4.79 Å². The van der Waals surface area contributed by atoms with E-state index in [9.17, 15) is 15.0 Å². The first-order valence-corrected chi connectivity index (χ1v) is 14.0. The molecule has 3 aromatic heterocycles. The van der Waals surface area contributed by atoms with Crippen LogP contribution in [0.5, 0.6) is 0 Å². The van der Waals surface area contributed by atoms with Gasteiger partial charge in [-0.2, -0.15) is 4.98 Å². The van der Waals surface area contributed by atoms with Crippen molar-refractivity contribution in [3.8, 4) is 5.82 Å². The fourth-order valence-electron chi connectivity index (χ4n) is 5.87. The molecule has 3 N–H and O–H groups in total. The van der Waals surface area contributed by atoms with E-state index in [1.807, 2.05) is 31.2 Å². The third-order valence-electron chi connectivity index (χ3n) is 8.35. The second-order valence-corrected chi connectivity index (χ2v) is 10.8. The van der Waals surface area contributed by atoms with Crippen LogP contribution in [-0.2, 0) is 18.6 Å². The Morgan fingerprint density at radius 2 is 1.93 bits per heavy atom. The molecule has 6 rings (SSSR count). The van der Waals surface area contributed by atoms with E-state index in [0.29, 0.717) is 47.3 Å². The van der Waals surface area contributed by atoms with Crippen molar-refractivity contribution in [3.63, 3.8) is 0 Å². The number of hydrogen-bond donors (Lipinski definition) is 3. The van der Waals surface area contributed by atoms with E-state index in [1.54, 1.807) is 21.6 Å².